The topological polar surface area (TPSA) is 92.7 Å². The van der Waals surface area contributed by atoms with Crippen molar-refractivity contribution in [3.05, 3.63) is 72.3 Å². The van der Waals surface area contributed by atoms with Gasteiger partial charge in [-0.1, -0.05) is 55.5 Å². The Morgan fingerprint density at radius 1 is 1.06 bits per heavy atom. The summed E-state index contributed by atoms with van der Waals surface area (Å²) < 4.78 is 19.2. The molecule has 0 heterocycles. The zero-order valence-electron chi connectivity index (χ0n) is 18.9. The summed E-state index contributed by atoms with van der Waals surface area (Å²) in [6, 6.07) is 20.8. The number of hydrogen-bond acceptors (Lipinski definition) is 5. The normalized spacial score (nSPS) is 14.9. The lowest BCUT2D eigenvalue weighted by Gasteiger charge is -2.29. The summed E-state index contributed by atoms with van der Waals surface area (Å²) in [6.07, 6.45) is 0. The van der Waals surface area contributed by atoms with E-state index in [1.807, 2.05) is 73.7 Å². The average molecular weight is 486 g/mol. The molecular weight excluding hydrogens is 457 g/mol. The quantitative estimate of drug-likeness (QED) is 0.267. The number of rotatable bonds is 10. The third kappa shape index (κ3) is 6.26. The maximum atomic E-state index is 13.6. The molecule has 3 aromatic carbocycles. The van der Waals surface area contributed by atoms with Gasteiger partial charge in [0.25, 0.3) is 0 Å². The van der Waals surface area contributed by atoms with Crippen LogP contribution in [0.3, 0.4) is 0 Å². The van der Waals surface area contributed by atoms with Gasteiger partial charge in [-0.15, -0.1) is 11.8 Å². The molecule has 0 saturated carbocycles. The molecule has 0 aliphatic carbocycles. The van der Waals surface area contributed by atoms with Crippen LogP contribution in [0.4, 0.5) is 5.69 Å². The predicted octanol–water partition coefficient (Wildman–Crippen LogP) is 6.07. The Morgan fingerprint density at radius 3 is 2.42 bits per heavy atom. The standard InChI is InChI=1S/C25H28NO5PS/c1-4-31-32(3,30)24(17(2)21-11-7-8-12-22(21)33-16-23(27)28)25(29)26-20-14-13-18-9-5-6-10-19(18)15-20/h5-15,17,24H,4,16H2,1-3H3,(H,26,29)(H,27,28). The predicted molar refractivity (Wildman–Crippen MR) is 135 cm³/mol. The van der Waals surface area contributed by atoms with E-state index in [0.29, 0.717) is 5.69 Å². The van der Waals surface area contributed by atoms with Crippen molar-refractivity contribution in [3.8, 4) is 0 Å². The smallest absolute Gasteiger partial charge is 0.313 e. The Kier molecular flexibility index (Phi) is 8.35. The first-order valence-corrected chi connectivity index (χ1v) is 13.8. The number of nitrogens with one attached hydrogen (secondary N) is 1. The SMILES string of the molecule is CCOP(C)(=O)C(C(=O)Nc1ccc2ccccc2c1)C(C)c1ccccc1SCC(=O)O. The molecule has 1 amide bonds. The highest BCUT2D eigenvalue weighted by atomic mass is 32.2. The van der Waals surface area contributed by atoms with Gasteiger partial charge in [-0.05, 0) is 41.5 Å². The first-order chi connectivity index (χ1) is 15.7. The second-order valence-electron chi connectivity index (χ2n) is 7.83. The van der Waals surface area contributed by atoms with Crippen molar-refractivity contribution in [3.63, 3.8) is 0 Å². The van der Waals surface area contributed by atoms with Crippen LogP contribution in [0.1, 0.15) is 25.3 Å². The van der Waals surface area contributed by atoms with Gasteiger partial charge < -0.3 is 14.9 Å². The highest BCUT2D eigenvalue weighted by molar-refractivity contribution is 8.00. The van der Waals surface area contributed by atoms with Crippen molar-refractivity contribution >= 4 is 47.5 Å². The fourth-order valence-corrected chi connectivity index (χ4v) is 6.98. The number of benzene rings is 3. The summed E-state index contributed by atoms with van der Waals surface area (Å²) in [4.78, 5) is 25.3. The summed E-state index contributed by atoms with van der Waals surface area (Å²) in [5.41, 5.74) is 0.431. The number of aliphatic carboxylic acids is 1. The van der Waals surface area contributed by atoms with Gasteiger partial charge in [-0.3, -0.25) is 14.2 Å². The molecule has 3 atom stereocenters. The van der Waals surface area contributed by atoms with Crippen LogP contribution in [0.5, 0.6) is 0 Å². The van der Waals surface area contributed by atoms with Gasteiger partial charge in [0.1, 0.15) is 5.66 Å². The lowest BCUT2D eigenvalue weighted by molar-refractivity contribution is -0.133. The molecule has 2 N–H and O–H groups in total. The second-order valence-corrected chi connectivity index (χ2v) is 11.5. The first-order valence-electron chi connectivity index (χ1n) is 10.7. The molecule has 174 valence electrons. The van der Waals surface area contributed by atoms with E-state index in [0.717, 1.165) is 21.2 Å². The van der Waals surface area contributed by atoms with Crippen molar-refractivity contribution in [2.45, 2.75) is 30.3 Å². The molecule has 0 saturated heterocycles. The molecule has 3 unspecified atom stereocenters. The van der Waals surface area contributed by atoms with Crippen LogP contribution < -0.4 is 5.32 Å². The molecule has 0 aromatic heterocycles. The van der Waals surface area contributed by atoms with Crippen LogP contribution in [-0.2, 0) is 18.7 Å². The number of anilines is 1. The van der Waals surface area contributed by atoms with Crippen molar-refractivity contribution < 1.29 is 23.8 Å². The largest absolute Gasteiger partial charge is 0.481 e. The minimum Gasteiger partial charge on any atom is -0.481 e. The number of fused-ring (bicyclic) bond motifs is 1. The van der Waals surface area contributed by atoms with Gasteiger partial charge in [0, 0.05) is 23.2 Å². The molecule has 6 nitrogen and oxygen atoms in total. The Hall–Kier alpha value is -2.60. The van der Waals surface area contributed by atoms with E-state index in [2.05, 4.69) is 5.32 Å². The zero-order valence-corrected chi connectivity index (χ0v) is 20.6. The van der Waals surface area contributed by atoms with Crippen LogP contribution in [-0.4, -0.2) is 41.7 Å². The Labute approximate surface area is 198 Å². The number of carbonyl (C=O) groups excluding carboxylic acids is 1. The number of carboxylic acid groups (broad SMARTS) is 1. The van der Waals surface area contributed by atoms with Gasteiger partial charge in [-0.2, -0.15) is 0 Å². The van der Waals surface area contributed by atoms with E-state index in [4.69, 9.17) is 9.63 Å². The number of carboxylic acids is 1. The lowest BCUT2D eigenvalue weighted by Crippen LogP contribution is -2.33. The Balaban J connectivity index is 1.95. The highest BCUT2D eigenvalue weighted by Crippen LogP contribution is 2.54. The third-order valence-electron chi connectivity index (χ3n) is 5.41. The zero-order chi connectivity index (χ0) is 24.0. The molecule has 0 aliphatic heterocycles. The third-order valence-corrected chi connectivity index (χ3v) is 8.95. The number of amides is 1. The summed E-state index contributed by atoms with van der Waals surface area (Å²) in [7, 11) is -3.36. The van der Waals surface area contributed by atoms with E-state index in [9.17, 15) is 14.2 Å². The monoisotopic (exact) mass is 485 g/mol. The fourth-order valence-electron chi connectivity index (χ4n) is 3.96. The van der Waals surface area contributed by atoms with E-state index < -0.39 is 30.8 Å². The van der Waals surface area contributed by atoms with Gasteiger partial charge in [-0.25, -0.2) is 0 Å². The minimum atomic E-state index is -3.36. The van der Waals surface area contributed by atoms with Crippen LogP contribution in [0.15, 0.2) is 71.6 Å². The summed E-state index contributed by atoms with van der Waals surface area (Å²) in [5, 5.41) is 14.1. The molecule has 0 aliphatic rings. The molecule has 3 rings (SSSR count). The van der Waals surface area contributed by atoms with E-state index in [-0.39, 0.29) is 12.4 Å². The van der Waals surface area contributed by atoms with Gasteiger partial charge >= 0.3 is 5.97 Å². The maximum absolute atomic E-state index is 13.6. The van der Waals surface area contributed by atoms with Gasteiger partial charge in [0.15, 0.2) is 0 Å². The molecule has 3 aromatic rings. The molecule has 33 heavy (non-hydrogen) atoms. The van der Waals surface area contributed by atoms with Crippen molar-refractivity contribution in [1.29, 1.82) is 0 Å². The van der Waals surface area contributed by atoms with Crippen LogP contribution in [0.25, 0.3) is 10.8 Å². The van der Waals surface area contributed by atoms with Crippen molar-refractivity contribution in [2.24, 2.45) is 0 Å². The van der Waals surface area contributed by atoms with E-state index >= 15 is 0 Å². The lowest BCUT2D eigenvalue weighted by atomic mass is 9.96. The summed E-state index contributed by atoms with van der Waals surface area (Å²) in [6.45, 7) is 5.29. The van der Waals surface area contributed by atoms with E-state index in [1.54, 1.807) is 6.92 Å². The number of carbonyl (C=O) groups is 2. The first kappa shape index (κ1) is 25.0. The van der Waals surface area contributed by atoms with Crippen molar-refractivity contribution in [2.75, 3.05) is 24.3 Å². The van der Waals surface area contributed by atoms with Crippen molar-refractivity contribution in [1.82, 2.24) is 0 Å². The molecule has 0 bridgehead atoms. The summed E-state index contributed by atoms with van der Waals surface area (Å²) >= 11 is 1.18. The van der Waals surface area contributed by atoms with Gasteiger partial charge in [0.05, 0.1) is 12.4 Å². The fraction of sp³-hybridized carbons (Fsp3) is 0.280. The number of hydrogen-bond donors (Lipinski definition) is 2. The van der Waals surface area contributed by atoms with Crippen LogP contribution >= 0.6 is 19.1 Å². The summed E-state index contributed by atoms with van der Waals surface area (Å²) in [5.74, 6) is -1.89. The van der Waals surface area contributed by atoms with Crippen LogP contribution in [0, 0.1) is 0 Å². The Morgan fingerprint density at radius 2 is 1.73 bits per heavy atom. The van der Waals surface area contributed by atoms with Crippen LogP contribution in [0.2, 0.25) is 0 Å². The average Bonchev–Trinajstić information content (AvgIpc) is 2.77. The Bertz CT molecular complexity index is 1200. The molecule has 0 spiro atoms. The second kappa shape index (κ2) is 11.0. The highest BCUT2D eigenvalue weighted by Gasteiger charge is 2.41. The maximum Gasteiger partial charge on any atom is 0.313 e. The minimum absolute atomic E-state index is 0.104. The molecular formula is C25H28NO5PS. The number of thioether (sulfide) groups is 1. The van der Waals surface area contributed by atoms with E-state index in [1.165, 1.54) is 18.4 Å². The molecule has 0 fully saturated rings. The molecule has 8 heteroatoms. The molecule has 0 radical (unpaired) electrons. The van der Waals surface area contributed by atoms with Gasteiger partial charge in [0.2, 0.25) is 13.3 Å².